The van der Waals surface area contributed by atoms with Crippen LogP contribution in [0.1, 0.15) is 37.7 Å². The summed E-state index contributed by atoms with van der Waals surface area (Å²) >= 11 is 0. The fraction of sp³-hybridized carbons (Fsp3) is 0.579. The number of rotatable bonds is 4. The molecule has 1 aromatic rings. The zero-order chi connectivity index (χ0) is 17.4. The summed E-state index contributed by atoms with van der Waals surface area (Å²) in [5.74, 6) is -0.583. The first-order chi connectivity index (χ1) is 12.1. The van der Waals surface area contributed by atoms with Crippen LogP contribution >= 0.6 is 0 Å². The molecule has 25 heavy (non-hydrogen) atoms. The first-order valence-corrected chi connectivity index (χ1v) is 9.03. The number of nitrogens with zero attached hydrogens (tertiary/aromatic N) is 1. The van der Waals surface area contributed by atoms with Crippen molar-refractivity contribution in [2.24, 2.45) is 5.92 Å². The van der Waals surface area contributed by atoms with Crippen LogP contribution in [0.4, 0.5) is 4.39 Å². The smallest absolute Gasteiger partial charge is 0.226 e. The van der Waals surface area contributed by atoms with Gasteiger partial charge < -0.3 is 15.0 Å². The molecule has 0 radical (unpaired) electrons. The van der Waals surface area contributed by atoms with E-state index in [9.17, 15) is 14.0 Å². The molecule has 3 fully saturated rings. The molecule has 1 aliphatic carbocycles. The van der Waals surface area contributed by atoms with E-state index in [4.69, 9.17) is 4.74 Å². The van der Waals surface area contributed by atoms with Gasteiger partial charge in [0.05, 0.1) is 11.5 Å². The normalized spacial score (nSPS) is 25.9. The van der Waals surface area contributed by atoms with E-state index in [0.29, 0.717) is 45.1 Å². The number of hydrogen-bond donors (Lipinski definition) is 1. The molecule has 3 aliphatic rings. The Kier molecular flexibility index (Phi) is 4.23. The molecule has 0 bridgehead atoms. The van der Waals surface area contributed by atoms with Gasteiger partial charge in [-0.15, -0.1) is 0 Å². The minimum absolute atomic E-state index is 0.0808. The van der Waals surface area contributed by atoms with Crippen LogP contribution in [0.25, 0.3) is 0 Å². The number of amides is 2. The molecule has 134 valence electrons. The van der Waals surface area contributed by atoms with E-state index in [-0.39, 0.29) is 23.5 Å². The molecule has 2 heterocycles. The zero-order valence-electron chi connectivity index (χ0n) is 14.2. The maximum Gasteiger partial charge on any atom is 0.226 e. The summed E-state index contributed by atoms with van der Waals surface area (Å²) in [6, 6.07) is 6.66. The largest absolute Gasteiger partial charge is 0.381 e. The Morgan fingerprint density at radius 1 is 1.20 bits per heavy atom. The number of halogens is 1. The minimum Gasteiger partial charge on any atom is -0.381 e. The van der Waals surface area contributed by atoms with Crippen molar-refractivity contribution in [3.8, 4) is 0 Å². The van der Waals surface area contributed by atoms with Crippen LogP contribution in [0.2, 0.25) is 0 Å². The lowest BCUT2D eigenvalue weighted by Gasteiger charge is -2.39. The monoisotopic (exact) mass is 346 g/mol. The van der Waals surface area contributed by atoms with Gasteiger partial charge >= 0.3 is 0 Å². The minimum atomic E-state index is -0.543. The second-order valence-electron chi connectivity index (χ2n) is 7.37. The molecule has 0 aromatic heterocycles. The van der Waals surface area contributed by atoms with E-state index in [2.05, 4.69) is 5.32 Å². The molecule has 1 N–H and O–H groups in total. The summed E-state index contributed by atoms with van der Waals surface area (Å²) in [4.78, 5) is 26.9. The van der Waals surface area contributed by atoms with Crippen LogP contribution in [0, 0.1) is 11.7 Å². The van der Waals surface area contributed by atoms with Crippen LogP contribution in [0.15, 0.2) is 24.3 Å². The third-order valence-electron chi connectivity index (χ3n) is 5.62. The molecule has 1 saturated carbocycles. The van der Waals surface area contributed by atoms with Gasteiger partial charge in [-0.2, -0.15) is 0 Å². The van der Waals surface area contributed by atoms with Crippen molar-refractivity contribution in [2.45, 2.75) is 43.7 Å². The Balaban J connectivity index is 1.51. The number of likely N-dealkylation sites (tertiary alicyclic amines) is 1. The Labute approximate surface area is 146 Å². The van der Waals surface area contributed by atoms with E-state index >= 15 is 0 Å². The van der Waals surface area contributed by atoms with Crippen molar-refractivity contribution in [1.82, 2.24) is 10.2 Å². The number of benzene rings is 1. The third-order valence-corrected chi connectivity index (χ3v) is 5.62. The van der Waals surface area contributed by atoms with Crippen LogP contribution in [0.5, 0.6) is 0 Å². The first-order valence-electron chi connectivity index (χ1n) is 9.03. The average Bonchev–Trinajstić information content (AvgIpc) is 3.38. The molecule has 2 saturated heterocycles. The van der Waals surface area contributed by atoms with Gasteiger partial charge in [0.15, 0.2) is 0 Å². The molecular weight excluding hydrogens is 323 g/mol. The van der Waals surface area contributed by atoms with Gasteiger partial charge in [0, 0.05) is 32.2 Å². The van der Waals surface area contributed by atoms with Crippen LogP contribution in [-0.4, -0.2) is 42.5 Å². The second kappa shape index (κ2) is 6.41. The molecule has 4 rings (SSSR count). The van der Waals surface area contributed by atoms with Crippen molar-refractivity contribution in [1.29, 1.82) is 0 Å². The van der Waals surface area contributed by atoms with Gasteiger partial charge in [-0.1, -0.05) is 12.1 Å². The van der Waals surface area contributed by atoms with E-state index in [0.717, 1.165) is 18.4 Å². The summed E-state index contributed by atoms with van der Waals surface area (Å²) < 4.78 is 18.8. The number of nitrogens with one attached hydrogen (secondary N) is 1. The highest BCUT2D eigenvalue weighted by atomic mass is 19.1. The highest BCUT2D eigenvalue weighted by Crippen LogP contribution is 2.35. The lowest BCUT2D eigenvalue weighted by Crippen LogP contribution is -2.51. The predicted octanol–water partition coefficient (Wildman–Crippen LogP) is 1.96. The van der Waals surface area contributed by atoms with E-state index in [1.165, 1.54) is 12.1 Å². The molecular formula is C19H23FN2O3. The van der Waals surface area contributed by atoms with Gasteiger partial charge in [0.2, 0.25) is 11.8 Å². The zero-order valence-corrected chi connectivity index (χ0v) is 14.2. The third kappa shape index (κ3) is 3.27. The van der Waals surface area contributed by atoms with E-state index in [1.54, 1.807) is 12.1 Å². The fourth-order valence-electron chi connectivity index (χ4n) is 3.96. The first kappa shape index (κ1) is 16.5. The molecule has 1 aromatic carbocycles. The highest BCUT2D eigenvalue weighted by molar-refractivity contribution is 5.90. The van der Waals surface area contributed by atoms with Crippen molar-refractivity contribution in [3.63, 3.8) is 0 Å². The predicted molar refractivity (Wildman–Crippen MR) is 89.1 cm³/mol. The van der Waals surface area contributed by atoms with Crippen LogP contribution in [-0.2, 0) is 19.9 Å². The topological polar surface area (TPSA) is 58.6 Å². The maximum absolute atomic E-state index is 13.3. The van der Waals surface area contributed by atoms with Crippen molar-refractivity contribution < 1.29 is 18.7 Å². The Morgan fingerprint density at radius 2 is 1.88 bits per heavy atom. The maximum atomic E-state index is 13.3. The Hall–Kier alpha value is -1.95. The molecule has 1 atom stereocenters. The lowest BCUT2D eigenvalue weighted by atomic mass is 9.82. The van der Waals surface area contributed by atoms with E-state index < -0.39 is 5.54 Å². The average molecular weight is 346 g/mol. The van der Waals surface area contributed by atoms with E-state index in [1.807, 2.05) is 4.90 Å². The van der Waals surface area contributed by atoms with Crippen LogP contribution in [0.3, 0.4) is 0 Å². The number of carbonyl (C=O) groups is 2. The Bertz CT molecular complexity index is 666. The van der Waals surface area contributed by atoms with Crippen LogP contribution < -0.4 is 5.32 Å². The fourth-order valence-corrected chi connectivity index (χ4v) is 3.96. The summed E-state index contributed by atoms with van der Waals surface area (Å²) in [5.41, 5.74) is 0.355. The summed E-state index contributed by atoms with van der Waals surface area (Å²) in [6.45, 7) is 1.62. The molecule has 2 aliphatic heterocycles. The van der Waals surface area contributed by atoms with Crippen molar-refractivity contribution in [2.75, 3.05) is 19.8 Å². The van der Waals surface area contributed by atoms with Gasteiger partial charge in [0.25, 0.3) is 0 Å². The van der Waals surface area contributed by atoms with Gasteiger partial charge in [-0.05, 0) is 43.4 Å². The summed E-state index contributed by atoms with van der Waals surface area (Å²) in [6.07, 6.45) is 3.70. The van der Waals surface area contributed by atoms with Crippen molar-refractivity contribution in [3.05, 3.63) is 35.6 Å². The Morgan fingerprint density at radius 3 is 2.52 bits per heavy atom. The summed E-state index contributed by atoms with van der Waals surface area (Å²) in [5, 5.41) is 3.19. The quantitative estimate of drug-likeness (QED) is 0.907. The highest BCUT2D eigenvalue weighted by Gasteiger charge is 2.44. The van der Waals surface area contributed by atoms with Gasteiger partial charge in [0.1, 0.15) is 5.82 Å². The number of hydrogen-bond acceptors (Lipinski definition) is 3. The van der Waals surface area contributed by atoms with Gasteiger partial charge in [-0.3, -0.25) is 9.59 Å². The number of carbonyl (C=O) groups excluding carboxylic acids is 2. The standard InChI is InChI=1S/C19H23FN2O3/c20-15-3-1-14(2-4-15)19(7-9-25-10-8-19)21-18(24)13-11-17(23)22(12-13)16-5-6-16/h1-4,13,16H,5-12H2,(H,21,24). The lowest BCUT2D eigenvalue weighted by molar-refractivity contribution is -0.130. The second-order valence-corrected chi connectivity index (χ2v) is 7.37. The molecule has 0 spiro atoms. The van der Waals surface area contributed by atoms with Gasteiger partial charge in [-0.25, -0.2) is 4.39 Å². The molecule has 1 unspecified atom stereocenters. The molecule has 6 heteroatoms. The summed E-state index contributed by atoms with van der Waals surface area (Å²) in [7, 11) is 0. The number of ether oxygens (including phenoxy) is 1. The van der Waals surface area contributed by atoms with Crippen molar-refractivity contribution >= 4 is 11.8 Å². The molecule has 5 nitrogen and oxygen atoms in total. The molecule has 2 amide bonds. The SMILES string of the molecule is O=C(NC1(c2ccc(F)cc2)CCOCC1)C1CC(=O)N(C2CC2)C1.